The van der Waals surface area contributed by atoms with Crippen LogP contribution in [0, 0.1) is 23.1 Å². The van der Waals surface area contributed by atoms with Crippen LogP contribution in [0.4, 0.5) is 4.39 Å². The minimum atomic E-state index is -0.743. The molecule has 0 spiro atoms. The number of benzene rings is 1. The van der Waals surface area contributed by atoms with Crippen LogP contribution in [0.5, 0.6) is 0 Å². The van der Waals surface area contributed by atoms with Crippen LogP contribution < -0.4 is 5.73 Å². The third-order valence-electron chi connectivity index (χ3n) is 6.89. The molecule has 0 aromatic heterocycles. The van der Waals surface area contributed by atoms with Gasteiger partial charge in [0.1, 0.15) is 11.9 Å². The zero-order valence-corrected chi connectivity index (χ0v) is 18.1. The van der Waals surface area contributed by atoms with Crippen molar-refractivity contribution < 1.29 is 14.0 Å². The Morgan fingerprint density at radius 3 is 2.65 bits per heavy atom. The lowest BCUT2D eigenvalue weighted by molar-refractivity contribution is -0.142. The maximum Gasteiger partial charge on any atom is 0.241 e. The second-order valence-electron chi connectivity index (χ2n) is 9.27. The third-order valence-corrected chi connectivity index (χ3v) is 6.89. The Bertz CT molecular complexity index is 883. The number of likely N-dealkylation sites (tertiary alicyclic amines) is 3. The average molecular weight is 428 g/mol. The standard InChI is InChI=1S/C23H30FN5O2/c1-14(2)21(15-5-7-16(24)8-6-15)29-18-10-20(23(29)31)27(12-18)13-19(26)22(30)28-9-3-4-17(28)11-25/h5-8,14,17-21H,3-4,9-10,12-13,26H2,1-2H3/t17-,18?,19-,20-,21-/m0/s1. The number of nitriles is 1. The Kier molecular flexibility index (Phi) is 6.00. The first-order chi connectivity index (χ1) is 14.8. The van der Waals surface area contributed by atoms with Crippen molar-refractivity contribution in [3.63, 3.8) is 0 Å². The summed E-state index contributed by atoms with van der Waals surface area (Å²) >= 11 is 0. The number of amides is 2. The summed E-state index contributed by atoms with van der Waals surface area (Å²) in [4.78, 5) is 31.6. The van der Waals surface area contributed by atoms with Crippen LogP contribution in [0.3, 0.4) is 0 Å². The molecule has 31 heavy (non-hydrogen) atoms. The highest BCUT2D eigenvalue weighted by Gasteiger charge is 2.52. The summed E-state index contributed by atoms with van der Waals surface area (Å²) in [6, 6.07) is 7.09. The van der Waals surface area contributed by atoms with Gasteiger partial charge in [-0.25, -0.2) is 4.39 Å². The van der Waals surface area contributed by atoms with Gasteiger partial charge in [-0.2, -0.15) is 5.26 Å². The van der Waals surface area contributed by atoms with E-state index in [1.54, 1.807) is 17.0 Å². The molecule has 1 aromatic carbocycles. The maximum absolute atomic E-state index is 13.4. The molecule has 1 aromatic rings. The van der Waals surface area contributed by atoms with E-state index in [9.17, 15) is 19.2 Å². The van der Waals surface area contributed by atoms with E-state index < -0.39 is 12.1 Å². The van der Waals surface area contributed by atoms with Gasteiger partial charge in [0.05, 0.1) is 24.2 Å². The van der Waals surface area contributed by atoms with Gasteiger partial charge in [-0.15, -0.1) is 0 Å². The van der Waals surface area contributed by atoms with Gasteiger partial charge in [-0.1, -0.05) is 26.0 Å². The average Bonchev–Trinajstić information content (AvgIpc) is 3.44. The molecule has 1 unspecified atom stereocenters. The molecule has 2 amide bonds. The van der Waals surface area contributed by atoms with Gasteiger partial charge in [0.25, 0.3) is 0 Å². The Morgan fingerprint density at radius 2 is 2.03 bits per heavy atom. The monoisotopic (exact) mass is 427 g/mol. The van der Waals surface area contributed by atoms with E-state index in [0.717, 1.165) is 12.0 Å². The van der Waals surface area contributed by atoms with Crippen molar-refractivity contribution in [2.24, 2.45) is 11.7 Å². The van der Waals surface area contributed by atoms with Crippen molar-refractivity contribution in [3.05, 3.63) is 35.6 Å². The largest absolute Gasteiger partial charge is 0.330 e. The van der Waals surface area contributed by atoms with E-state index in [-0.39, 0.29) is 41.7 Å². The van der Waals surface area contributed by atoms with Crippen LogP contribution in [0.2, 0.25) is 0 Å². The molecule has 2 bridgehead atoms. The van der Waals surface area contributed by atoms with Crippen LogP contribution in [-0.4, -0.2) is 70.3 Å². The summed E-state index contributed by atoms with van der Waals surface area (Å²) in [5.74, 6) is -0.261. The molecule has 0 radical (unpaired) electrons. The Hall–Kier alpha value is -2.50. The van der Waals surface area contributed by atoms with Crippen LogP contribution in [0.15, 0.2) is 24.3 Å². The number of rotatable bonds is 6. The number of hydrogen-bond acceptors (Lipinski definition) is 5. The fraction of sp³-hybridized carbons (Fsp3) is 0.609. The molecule has 2 N–H and O–H groups in total. The Labute approximate surface area is 182 Å². The fourth-order valence-electron chi connectivity index (χ4n) is 5.49. The normalized spacial score (nSPS) is 27.7. The minimum Gasteiger partial charge on any atom is -0.330 e. The quantitative estimate of drug-likeness (QED) is 0.745. The highest BCUT2D eigenvalue weighted by molar-refractivity contribution is 5.87. The molecule has 5 atom stereocenters. The molecule has 3 heterocycles. The van der Waals surface area contributed by atoms with E-state index in [1.165, 1.54) is 12.1 Å². The first-order valence-electron chi connectivity index (χ1n) is 11.1. The van der Waals surface area contributed by atoms with E-state index in [1.807, 2.05) is 9.80 Å². The molecule has 3 aliphatic rings. The predicted octanol–water partition coefficient (Wildman–Crippen LogP) is 1.65. The topological polar surface area (TPSA) is 93.7 Å². The highest BCUT2D eigenvalue weighted by Crippen LogP contribution is 2.41. The number of carbonyl (C=O) groups excluding carboxylic acids is 2. The van der Waals surface area contributed by atoms with Crippen molar-refractivity contribution in [3.8, 4) is 6.07 Å². The third kappa shape index (κ3) is 3.92. The smallest absolute Gasteiger partial charge is 0.241 e. The number of fused-ring (bicyclic) bond motifs is 2. The summed E-state index contributed by atoms with van der Waals surface area (Å²) in [6.07, 6.45) is 2.23. The molecular formula is C23H30FN5O2. The number of hydrogen-bond donors (Lipinski definition) is 1. The van der Waals surface area contributed by atoms with E-state index in [4.69, 9.17) is 5.73 Å². The van der Waals surface area contributed by atoms with Crippen LogP contribution in [0.25, 0.3) is 0 Å². The van der Waals surface area contributed by atoms with Gasteiger partial charge in [0, 0.05) is 25.7 Å². The predicted molar refractivity (Wildman–Crippen MR) is 113 cm³/mol. The van der Waals surface area contributed by atoms with Gasteiger partial charge < -0.3 is 15.5 Å². The number of nitrogens with two attached hydrogens (primary N) is 1. The lowest BCUT2D eigenvalue weighted by atomic mass is 9.93. The van der Waals surface area contributed by atoms with Crippen molar-refractivity contribution in [2.45, 2.75) is 63.3 Å². The maximum atomic E-state index is 13.4. The lowest BCUT2D eigenvalue weighted by Crippen LogP contribution is -2.57. The zero-order chi connectivity index (χ0) is 22.3. The van der Waals surface area contributed by atoms with Crippen molar-refractivity contribution in [2.75, 3.05) is 19.6 Å². The molecule has 4 rings (SSSR count). The van der Waals surface area contributed by atoms with Crippen molar-refractivity contribution >= 4 is 11.8 Å². The molecule has 3 fully saturated rings. The minimum absolute atomic E-state index is 0.0509. The van der Waals surface area contributed by atoms with Gasteiger partial charge in [-0.3, -0.25) is 14.5 Å². The van der Waals surface area contributed by atoms with Gasteiger partial charge >= 0.3 is 0 Å². The lowest BCUT2D eigenvalue weighted by Gasteiger charge is -2.41. The number of nitrogens with zero attached hydrogens (tertiary/aromatic N) is 4. The first-order valence-corrected chi connectivity index (χ1v) is 11.1. The van der Waals surface area contributed by atoms with E-state index in [0.29, 0.717) is 32.5 Å². The SMILES string of the molecule is CC(C)[C@@H](c1ccc(F)cc1)N1C(=O)[C@@H]2CC1CN2C[C@H](N)C(=O)N1CCC[C@H]1C#N. The summed E-state index contributed by atoms with van der Waals surface area (Å²) < 4.78 is 13.4. The highest BCUT2D eigenvalue weighted by atomic mass is 19.1. The second kappa shape index (κ2) is 8.56. The molecule has 8 heteroatoms. The molecule has 3 saturated heterocycles. The van der Waals surface area contributed by atoms with E-state index in [2.05, 4.69) is 19.9 Å². The van der Waals surface area contributed by atoms with Crippen molar-refractivity contribution in [1.82, 2.24) is 14.7 Å². The number of piperazine rings is 1. The molecule has 0 saturated carbocycles. The van der Waals surface area contributed by atoms with Crippen LogP contribution in [0.1, 0.15) is 44.7 Å². The van der Waals surface area contributed by atoms with Gasteiger partial charge in [-0.05, 0) is 42.9 Å². The molecule has 7 nitrogen and oxygen atoms in total. The number of carbonyl (C=O) groups is 2. The Balaban J connectivity index is 1.44. The summed E-state index contributed by atoms with van der Waals surface area (Å²) in [5.41, 5.74) is 7.15. The van der Waals surface area contributed by atoms with Gasteiger partial charge in [0.2, 0.25) is 11.8 Å². The zero-order valence-electron chi connectivity index (χ0n) is 18.1. The molecule has 0 aliphatic carbocycles. The van der Waals surface area contributed by atoms with E-state index >= 15 is 0 Å². The number of halogens is 1. The summed E-state index contributed by atoms with van der Waals surface area (Å²) in [6.45, 7) is 5.69. The van der Waals surface area contributed by atoms with Crippen molar-refractivity contribution in [1.29, 1.82) is 5.26 Å². The molecular weight excluding hydrogens is 397 g/mol. The van der Waals surface area contributed by atoms with Crippen LogP contribution >= 0.6 is 0 Å². The summed E-state index contributed by atoms with van der Waals surface area (Å²) in [7, 11) is 0. The first kappa shape index (κ1) is 21.7. The fourth-order valence-corrected chi connectivity index (χ4v) is 5.49. The Morgan fingerprint density at radius 1 is 1.32 bits per heavy atom. The van der Waals surface area contributed by atoms with Gasteiger partial charge in [0.15, 0.2) is 0 Å². The second-order valence-corrected chi connectivity index (χ2v) is 9.27. The molecule has 166 valence electrons. The van der Waals surface area contributed by atoms with Crippen LogP contribution in [-0.2, 0) is 9.59 Å². The molecule has 3 aliphatic heterocycles. The summed E-state index contributed by atoms with van der Waals surface area (Å²) in [5, 5.41) is 9.24.